The number of rotatable bonds is 6. The Labute approximate surface area is 158 Å². The molecule has 27 heavy (non-hydrogen) atoms. The molecule has 0 spiro atoms. The van der Waals surface area contributed by atoms with Crippen LogP contribution in [0.4, 0.5) is 10.1 Å². The first-order valence-electron chi connectivity index (χ1n) is 9.09. The van der Waals surface area contributed by atoms with Gasteiger partial charge in [0.25, 0.3) is 0 Å². The zero-order valence-corrected chi connectivity index (χ0v) is 15.5. The molecule has 5 nitrogen and oxygen atoms in total. The van der Waals surface area contributed by atoms with E-state index >= 15 is 0 Å². The first kappa shape index (κ1) is 19.2. The van der Waals surface area contributed by atoms with Crippen molar-refractivity contribution in [1.82, 2.24) is 9.80 Å². The van der Waals surface area contributed by atoms with Gasteiger partial charge in [0.05, 0.1) is 6.54 Å². The molecule has 0 aromatic heterocycles. The lowest BCUT2D eigenvalue weighted by Gasteiger charge is -2.34. The average molecular weight is 369 g/mol. The maximum Gasteiger partial charge on any atom is 0.238 e. The summed E-state index contributed by atoms with van der Waals surface area (Å²) in [4.78, 5) is 28.0. The summed E-state index contributed by atoms with van der Waals surface area (Å²) in [6.45, 7) is 6.04. The molecule has 1 aliphatic heterocycles. The molecule has 1 heterocycles. The third kappa shape index (κ3) is 5.70. The van der Waals surface area contributed by atoms with Crippen LogP contribution in [0.3, 0.4) is 0 Å². The molecule has 3 rings (SSSR count). The Bertz CT molecular complexity index is 782. The molecule has 1 aliphatic rings. The highest BCUT2D eigenvalue weighted by Gasteiger charge is 2.19. The number of hydrogen-bond acceptors (Lipinski definition) is 4. The van der Waals surface area contributed by atoms with E-state index in [2.05, 4.69) is 15.1 Å². The van der Waals surface area contributed by atoms with E-state index in [1.165, 1.54) is 19.1 Å². The summed E-state index contributed by atoms with van der Waals surface area (Å²) in [5.74, 6) is -0.269. The van der Waals surface area contributed by atoms with Gasteiger partial charge < -0.3 is 5.32 Å². The highest BCUT2D eigenvalue weighted by atomic mass is 19.1. The van der Waals surface area contributed by atoms with Crippen molar-refractivity contribution in [3.8, 4) is 0 Å². The molecule has 0 aliphatic carbocycles. The summed E-state index contributed by atoms with van der Waals surface area (Å²) >= 11 is 0. The van der Waals surface area contributed by atoms with Gasteiger partial charge in [-0.3, -0.25) is 19.4 Å². The Hall–Kier alpha value is -2.57. The number of halogens is 1. The standard InChI is InChI=1S/C21H24FN3O2/c1-16(26)18-4-8-20(9-5-18)23-21(27)15-25-12-10-24(11-13-25)14-17-2-6-19(22)7-3-17/h2-9H,10-15H2,1H3,(H,23,27). The number of carbonyl (C=O) groups is 2. The normalized spacial score (nSPS) is 15.5. The van der Waals surface area contributed by atoms with Gasteiger partial charge in [-0.05, 0) is 48.9 Å². The van der Waals surface area contributed by atoms with E-state index in [1.54, 1.807) is 24.3 Å². The van der Waals surface area contributed by atoms with E-state index in [-0.39, 0.29) is 17.5 Å². The molecular weight excluding hydrogens is 345 g/mol. The van der Waals surface area contributed by atoms with E-state index in [0.717, 1.165) is 38.3 Å². The number of ketones is 1. The van der Waals surface area contributed by atoms with Crippen LogP contribution in [0.25, 0.3) is 0 Å². The first-order valence-corrected chi connectivity index (χ1v) is 9.09. The van der Waals surface area contributed by atoms with Gasteiger partial charge in [-0.15, -0.1) is 0 Å². The van der Waals surface area contributed by atoms with E-state index in [9.17, 15) is 14.0 Å². The van der Waals surface area contributed by atoms with Crippen LogP contribution in [0.15, 0.2) is 48.5 Å². The highest BCUT2D eigenvalue weighted by Crippen LogP contribution is 2.12. The van der Waals surface area contributed by atoms with Crippen LogP contribution in [-0.4, -0.2) is 54.2 Å². The third-order valence-corrected chi connectivity index (χ3v) is 4.73. The molecule has 1 amide bonds. The summed E-state index contributed by atoms with van der Waals surface area (Å²) in [5, 5.41) is 2.87. The highest BCUT2D eigenvalue weighted by molar-refractivity contribution is 5.96. The molecule has 1 fully saturated rings. The number of anilines is 1. The molecule has 0 unspecified atom stereocenters. The topological polar surface area (TPSA) is 52.7 Å². The predicted molar refractivity (Wildman–Crippen MR) is 103 cm³/mol. The minimum atomic E-state index is -0.217. The Balaban J connectivity index is 1.42. The molecule has 6 heteroatoms. The molecule has 0 saturated carbocycles. The van der Waals surface area contributed by atoms with Gasteiger partial charge in [0.2, 0.25) is 5.91 Å². The Kier molecular flexibility index (Phi) is 6.32. The van der Waals surface area contributed by atoms with E-state index in [4.69, 9.17) is 0 Å². The second-order valence-corrected chi connectivity index (χ2v) is 6.86. The van der Waals surface area contributed by atoms with Gasteiger partial charge in [0.1, 0.15) is 5.82 Å². The van der Waals surface area contributed by atoms with Crippen LogP contribution in [-0.2, 0) is 11.3 Å². The fraction of sp³-hybridized carbons (Fsp3) is 0.333. The van der Waals surface area contributed by atoms with Gasteiger partial charge in [0.15, 0.2) is 5.78 Å². The molecule has 0 atom stereocenters. The van der Waals surface area contributed by atoms with E-state index in [0.29, 0.717) is 17.8 Å². The summed E-state index contributed by atoms with van der Waals surface area (Å²) in [6, 6.07) is 13.5. The van der Waals surface area contributed by atoms with Crippen molar-refractivity contribution in [2.75, 3.05) is 38.0 Å². The number of Topliss-reactive ketones (excluding diaryl/α,β-unsaturated/α-hetero) is 1. The second-order valence-electron chi connectivity index (χ2n) is 6.86. The van der Waals surface area contributed by atoms with Gasteiger partial charge in [-0.2, -0.15) is 0 Å². The Morgan fingerprint density at radius 3 is 2.11 bits per heavy atom. The lowest BCUT2D eigenvalue weighted by atomic mass is 10.1. The SMILES string of the molecule is CC(=O)c1ccc(NC(=O)CN2CCN(Cc3ccc(F)cc3)CC2)cc1. The van der Waals surface area contributed by atoms with Crippen LogP contribution >= 0.6 is 0 Å². The maximum absolute atomic E-state index is 13.0. The number of hydrogen-bond donors (Lipinski definition) is 1. The molecule has 1 saturated heterocycles. The minimum Gasteiger partial charge on any atom is -0.325 e. The van der Waals surface area contributed by atoms with Crippen LogP contribution in [0.5, 0.6) is 0 Å². The number of benzene rings is 2. The largest absolute Gasteiger partial charge is 0.325 e. The second kappa shape index (κ2) is 8.88. The molecule has 2 aromatic rings. The lowest BCUT2D eigenvalue weighted by Crippen LogP contribution is -2.48. The number of nitrogens with zero attached hydrogens (tertiary/aromatic N) is 2. The van der Waals surface area contributed by atoms with Crippen molar-refractivity contribution in [3.05, 3.63) is 65.5 Å². The van der Waals surface area contributed by atoms with Crippen LogP contribution in [0, 0.1) is 5.82 Å². The Morgan fingerprint density at radius 1 is 0.926 bits per heavy atom. The smallest absolute Gasteiger partial charge is 0.238 e. The van der Waals surface area contributed by atoms with Crippen molar-refractivity contribution in [2.45, 2.75) is 13.5 Å². The molecule has 2 aromatic carbocycles. The van der Waals surface area contributed by atoms with Crippen LogP contribution in [0.2, 0.25) is 0 Å². The molecular formula is C21H24FN3O2. The van der Waals surface area contributed by atoms with Crippen molar-refractivity contribution >= 4 is 17.4 Å². The third-order valence-electron chi connectivity index (χ3n) is 4.73. The van der Waals surface area contributed by atoms with E-state index < -0.39 is 0 Å². The van der Waals surface area contributed by atoms with Crippen molar-refractivity contribution in [1.29, 1.82) is 0 Å². The number of carbonyl (C=O) groups excluding carboxylic acids is 2. The summed E-state index contributed by atoms with van der Waals surface area (Å²) in [5.41, 5.74) is 2.42. The molecule has 1 N–H and O–H groups in total. The summed E-state index contributed by atoms with van der Waals surface area (Å²) in [6.07, 6.45) is 0. The van der Waals surface area contributed by atoms with Crippen molar-refractivity contribution in [3.63, 3.8) is 0 Å². The number of nitrogens with one attached hydrogen (secondary N) is 1. The summed E-state index contributed by atoms with van der Waals surface area (Å²) in [7, 11) is 0. The van der Waals surface area contributed by atoms with Crippen LogP contribution < -0.4 is 5.32 Å². The fourth-order valence-corrected chi connectivity index (χ4v) is 3.15. The monoisotopic (exact) mass is 369 g/mol. The van der Waals surface area contributed by atoms with Gasteiger partial charge in [0, 0.05) is 44.0 Å². The van der Waals surface area contributed by atoms with Gasteiger partial charge >= 0.3 is 0 Å². The summed E-state index contributed by atoms with van der Waals surface area (Å²) < 4.78 is 13.0. The average Bonchev–Trinajstić information content (AvgIpc) is 2.65. The molecule has 0 bridgehead atoms. The Morgan fingerprint density at radius 2 is 1.52 bits per heavy atom. The minimum absolute atomic E-state index is 0.00591. The molecule has 142 valence electrons. The number of piperazine rings is 1. The zero-order valence-electron chi connectivity index (χ0n) is 15.5. The number of amides is 1. The fourth-order valence-electron chi connectivity index (χ4n) is 3.15. The quantitative estimate of drug-likeness (QED) is 0.796. The lowest BCUT2D eigenvalue weighted by molar-refractivity contribution is -0.117. The van der Waals surface area contributed by atoms with Crippen molar-refractivity contribution in [2.24, 2.45) is 0 Å². The van der Waals surface area contributed by atoms with E-state index in [1.807, 2.05) is 12.1 Å². The maximum atomic E-state index is 13.0. The zero-order chi connectivity index (χ0) is 19.2. The molecule has 0 radical (unpaired) electrons. The van der Waals surface area contributed by atoms with Crippen molar-refractivity contribution < 1.29 is 14.0 Å². The van der Waals surface area contributed by atoms with Gasteiger partial charge in [-0.1, -0.05) is 12.1 Å². The van der Waals surface area contributed by atoms with Gasteiger partial charge in [-0.25, -0.2) is 4.39 Å². The van der Waals surface area contributed by atoms with Crippen LogP contribution in [0.1, 0.15) is 22.8 Å². The predicted octanol–water partition coefficient (Wildman–Crippen LogP) is 2.78. The first-order chi connectivity index (χ1) is 13.0.